The number of anilines is 1. The van der Waals surface area contributed by atoms with Gasteiger partial charge in [0.1, 0.15) is 5.65 Å². The number of methoxy groups -OCH3 is 1. The van der Waals surface area contributed by atoms with E-state index in [1.807, 2.05) is 30.5 Å². The van der Waals surface area contributed by atoms with Crippen molar-refractivity contribution in [1.82, 2.24) is 14.5 Å². The fourth-order valence-electron chi connectivity index (χ4n) is 5.18. The molecule has 156 valence electrons. The van der Waals surface area contributed by atoms with Gasteiger partial charge in [-0.05, 0) is 55.1 Å². The van der Waals surface area contributed by atoms with Gasteiger partial charge in [0.15, 0.2) is 0 Å². The Morgan fingerprint density at radius 2 is 1.83 bits per heavy atom. The lowest BCUT2D eigenvalue weighted by molar-refractivity contribution is 0.00135. The molecule has 4 heterocycles. The van der Waals surface area contributed by atoms with Crippen LogP contribution in [0.3, 0.4) is 0 Å². The topological polar surface area (TPSA) is 50.6 Å². The molecule has 2 saturated heterocycles. The van der Waals surface area contributed by atoms with Gasteiger partial charge in [-0.25, -0.2) is 9.78 Å². The van der Waals surface area contributed by atoms with E-state index in [9.17, 15) is 4.79 Å². The fourth-order valence-corrected chi connectivity index (χ4v) is 5.18. The van der Waals surface area contributed by atoms with E-state index in [0.29, 0.717) is 11.0 Å². The van der Waals surface area contributed by atoms with Crippen molar-refractivity contribution in [3.05, 3.63) is 59.9 Å². The molecule has 2 aliphatic heterocycles. The van der Waals surface area contributed by atoms with Crippen LogP contribution in [0.1, 0.15) is 28.8 Å². The maximum absolute atomic E-state index is 11.6. The van der Waals surface area contributed by atoms with Crippen LogP contribution >= 0.6 is 0 Å². The van der Waals surface area contributed by atoms with Gasteiger partial charge in [0.25, 0.3) is 0 Å². The Labute approximate surface area is 177 Å². The van der Waals surface area contributed by atoms with E-state index in [0.717, 1.165) is 30.8 Å². The Balaban J connectivity index is 1.34. The van der Waals surface area contributed by atoms with Crippen LogP contribution in [0.4, 0.5) is 5.69 Å². The number of rotatable bonds is 4. The molecule has 0 unspecified atom stereocenters. The predicted molar refractivity (Wildman–Crippen MR) is 118 cm³/mol. The molecule has 0 saturated carbocycles. The Morgan fingerprint density at radius 1 is 1.10 bits per heavy atom. The predicted octanol–water partition coefficient (Wildman–Crippen LogP) is 3.40. The molecule has 0 atom stereocenters. The van der Waals surface area contributed by atoms with E-state index in [2.05, 4.69) is 44.7 Å². The number of esters is 1. The zero-order valence-corrected chi connectivity index (χ0v) is 17.7. The molecule has 6 nitrogen and oxygen atoms in total. The van der Waals surface area contributed by atoms with E-state index < -0.39 is 0 Å². The van der Waals surface area contributed by atoms with Crippen molar-refractivity contribution >= 4 is 22.7 Å². The highest BCUT2D eigenvalue weighted by Gasteiger charge is 2.43. The van der Waals surface area contributed by atoms with Gasteiger partial charge in [-0.3, -0.25) is 0 Å². The molecule has 1 spiro atoms. The summed E-state index contributed by atoms with van der Waals surface area (Å²) in [6.07, 6.45) is 6.58. The van der Waals surface area contributed by atoms with Gasteiger partial charge in [0.2, 0.25) is 0 Å². The van der Waals surface area contributed by atoms with Gasteiger partial charge in [-0.15, -0.1) is 0 Å². The van der Waals surface area contributed by atoms with E-state index in [4.69, 9.17) is 4.74 Å². The van der Waals surface area contributed by atoms with Crippen molar-refractivity contribution in [2.45, 2.75) is 19.4 Å². The highest BCUT2D eigenvalue weighted by molar-refractivity contribution is 5.90. The number of carbonyl (C=O) groups excluding carboxylic acids is 1. The first kappa shape index (κ1) is 19.1. The SMILES string of the molecule is COC(=O)c1ccc(Cn2ccc3c(N4CCC5(CC4)CN(C)C5)ccnc32)cc1. The summed E-state index contributed by atoms with van der Waals surface area (Å²) in [6, 6.07) is 11.9. The lowest BCUT2D eigenvalue weighted by Crippen LogP contribution is -2.58. The molecule has 0 amide bonds. The van der Waals surface area contributed by atoms with Crippen molar-refractivity contribution in [3.63, 3.8) is 0 Å². The molecule has 3 aromatic rings. The number of hydrogen-bond acceptors (Lipinski definition) is 5. The third-order valence-corrected chi connectivity index (χ3v) is 6.74. The molecule has 1 aromatic carbocycles. The average molecular weight is 405 g/mol. The van der Waals surface area contributed by atoms with Gasteiger partial charge in [-0.1, -0.05) is 12.1 Å². The third-order valence-electron chi connectivity index (χ3n) is 6.74. The molecule has 0 bridgehead atoms. The van der Waals surface area contributed by atoms with E-state index in [1.54, 1.807) is 0 Å². The van der Waals surface area contributed by atoms with Gasteiger partial charge < -0.3 is 19.1 Å². The maximum atomic E-state index is 11.6. The first-order valence-electron chi connectivity index (χ1n) is 10.6. The number of fused-ring (bicyclic) bond motifs is 1. The standard InChI is InChI=1S/C24H28N4O2/c1-26-16-24(17-26)9-13-27(14-10-24)21-7-11-25-22-20(21)8-12-28(22)15-18-3-5-19(6-4-18)23(29)30-2/h3-8,11-12H,9-10,13-17H2,1-2H3. The number of ether oxygens (including phenoxy) is 1. The number of nitrogens with zero attached hydrogens (tertiary/aromatic N) is 4. The molecular formula is C24H28N4O2. The van der Waals surface area contributed by atoms with Gasteiger partial charge in [-0.2, -0.15) is 0 Å². The summed E-state index contributed by atoms with van der Waals surface area (Å²) in [5.41, 5.74) is 4.55. The number of piperidine rings is 1. The largest absolute Gasteiger partial charge is 0.465 e. The summed E-state index contributed by atoms with van der Waals surface area (Å²) in [5, 5.41) is 1.21. The Morgan fingerprint density at radius 3 is 2.50 bits per heavy atom. The highest BCUT2D eigenvalue weighted by atomic mass is 16.5. The van der Waals surface area contributed by atoms with Crippen LogP contribution in [0.15, 0.2) is 48.8 Å². The maximum Gasteiger partial charge on any atom is 0.337 e. The summed E-state index contributed by atoms with van der Waals surface area (Å²) >= 11 is 0. The van der Waals surface area contributed by atoms with Crippen LogP contribution in [0.5, 0.6) is 0 Å². The molecule has 2 aliphatic rings. The van der Waals surface area contributed by atoms with Crippen molar-refractivity contribution in [3.8, 4) is 0 Å². The van der Waals surface area contributed by atoms with Crippen LogP contribution in [0.2, 0.25) is 0 Å². The quantitative estimate of drug-likeness (QED) is 0.624. The van der Waals surface area contributed by atoms with Crippen LogP contribution in [-0.4, -0.2) is 60.8 Å². The van der Waals surface area contributed by atoms with Gasteiger partial charge in [0, 0.05) is 56.2 Å². The smallest absolute Gasteiger partial charge is 0.337 e. The van der Waals surface area contributed by atoms with E-state index in [-0.39, 0.29) is 5.97 Å². The molecule has 2 fully saturated rings. The Kier molecular flexibility index (Phi) is 4.74. The summed E-state index contributed by atoms with van der Waals surface area (Å²) < 4.78 is 6.96. The fraction of sp³-hybridized carbons (Fsp3) is 0.417. The van der Waals surface area contributed by atoms with Crippen molar-refractivity contribution in [2.75, 3.05) is 45.2 Å². The average Bonchev–Trinajstić information content (AvgIpc) is 3.16. The Bertz CT molecular complexity index is 1060. The summed E-state index contributed by atoms with van der Waals surface area (Å²) in [7, 11) is 3.62. The number of hydrogen-bond donors (Lipinski definition) is 0. The third kappa shape index (κ3) is 3.35. The minimum Gasteiger partial charge on any atom is -0.465 e. The second kappa shape index (κ2) is 7.43. The first-order chi connectivity index (χ1) is 14.6. The number of benzene rings is 1. The highest BCUT2D eigenvalue weighted by Crippen LogP contribution is 2.41. The molecule has 5 rings (SSSR count). The minimum absolute atomic E-state index is 0.309. The second-order valence-corrected chi connectivity index (χ2v) is 8.86. The summed E-state index contributed by atoms with van der Waals surface area (Å²) in [5.74, 6) is -0.309. The van der Waals surface area contributed by atoms with Gasteiger partial charge in [0.05, 0.1) is 12.7 Å². The van der Waals surface area contributed by atoms with Crippen LogP contribution < -0.4 is 4.90 Å². The first-order valence-corrected chi connectivity index (χ1v) is 10.6. The lowest BCUT2D eigenvalue weighted by Gasteiger charge is -2.53. The normalized spacial score (nSPS) is 18.5. The van der Waals surface area contributed by atoms with Crippen molar-refractivity contribution < 1.29 is 9.53 Å². The summed E-state index contributed by atoms with van der Waals surface area (Å²) in [6.45, 7) is 5.45. The van der Waals surface area contributed by atoms with Crippen LogP contribution in [0, 0.1) is 5.41 Å². The molecule has 30 heavy (non-hydrogen) atoms. The number of carbonyl (C=O) groups is 1. The molecule has 0 N–H and O–H groups in total. The molecule has 0 radical (unpaired) electrons. The zero-order chi connectivity index (χ0) is 20.7. The van der Waals surface area contributed by atoms with Crippen LogP contribution in [-0.2, 0) is 11.3 Å². The van der Waals surface area contributed by atoms with Crippen molar-refractivity contribution in [1.29, 1.82) is 0 Å². The molecule has 2 aromatic heterocycles. The summed E-state index contributed by atoms with van der Waals surface area (Å²) in [4.78, 5) is 21.3. The number of likely N-dealkylation sites (tertiary alicyclic amines) is 1. The van der Waals surface area contributed by atoms with Crippen LogP contribution in [0.25, 0.3) is 11.0 Å². The molecular weight excluding hydrogens is 376 g/mol. The second-order valence-electron chi connectivity index (χ2n) is 8.86. The number of pyridine rings is 1. The van der Waals surface area contributed by atoms with Crippen molar-refractivity contribution in [2.24, 2.45) is 5.41 Å². The molecule has 6 heteroatoms. The molecule has 0 aliphatic carbocycles. The number of aromatic nitrogens is 2. The van der Waals surface area contributed by atoms with Gasteiger partial charge >= 0.3 is 5.97 Å². The Hall–Kier alpha value is -2.86. The zero-order valence-electron chi connectivity index (χ0n) is 17.7. The van der Waals surface area contributed by atoms with E-state index in [1.165, 1.54) is 44.1 Å². The monoisotopic (exact) mass is 404 g/mol. The lowest BCUT2D eigenvalue weighted by atomic mass is 9.72. The van der Waals surface area contributed by atoms with E-state index >= 15 is 0 Å². The minimum atomic E-state index is -0.309.